The van der Waals surface area contributed by atoms with Gasteiger partial charge in [-0.25, -0.2) is 18.8 Å². The van der Waals surface area contributed by atoms with Crippen molar-refractivity contribution in [2.75, 3.05) is 18.9 Å². The van der Waals surface area contributed by atoms with Crippen molar-refractivity contribution in [1.29, 1.82) is 0 Å². The number of ether oxygens (including phenoxy) is 2. The van der Waals surface area contributed by atoms with E-state index in [4.69, 9.17) is 15.2 Å². The number of hydrogen-bond acceptors (Lipinski definition) is 18. The second-order valence-electron chi connectivity index (χ2n) is 7.24. The summed E-state index contributed by atoms with van der Waals surface area (Å²) < 4.78 is 56.6. The van der Waals surface area contributed by atoms with Crippen molar-refractivity contribution in [3.63, 3.8) is 0 Å². The van der Waals surface area contributed by atoms with Gasteiger partial charge in [0, 0.05) is 0 Å². The summed E-state index contributed by atoms with van der Waals surface area (Å²) >= 11 is 0. The molecule has 0 spiro atoms. The summed E-state index contributed by atoms with van der Waals surface area (Å²) in [5.41, 5.74) is 5.95. The van der Waals surface area contributed by atoms with Gasteiger partial charge in [0.1, 0.15) is 24.6 Å². The van der Waals surface area contributed by atoms with Gasteiger partial charge < -0.3 is 54.1 Å². The molecule has 1 aliphatic rings. The molecule has 0 radical (unpaired) electrons. The minimum absolute atomic E-state index is 0. The summed E-state index contributed by atoms with van der Waals surface area (Å²) in [7, 11) is -18.2. The number of aliphatic hydroxyl groups excluding tert-OH is 2. The molecule has 2 aromatic rings. The third-order valence-corrected chi connectivity index (χ3v) is 8.26. The van der Waals surface area contributed by atoms with Gasteiger partial charge in [-0.15, -0.1) is 0 Å². The maximum atomic E-state index is 11.8. The molecule has 2 aromatic heterocycles. The number of phosphoric ester groups is 1. The van der Waals surface area contributed by atoms with Crippen molar-refractivity contribution in [1.82, 2.24) is 19.5 Å². The van der Waals surface area contributed by atoms with E-state index in [9.17, 15) is 43.5 Å². The van der Waals surface area contributed by atoms with Crippen LogP contribution >= 0.6 is 23.5 Å². The number of phosphoric acid groups is 3. The average Bonchev–Trinajstić information content (AvgIpc) is 3.22. The average molecular weight is 667 g/mol. The van der Waals surface area contributed by atoms with Gasteiger partial charge >= 0.3 is 124 Å². The van der Waals surface area contributed by atoms with Gasteiger partial charge in [-0.2, -0.15) is 4.98 Å². The van der Waals surface area contributed by atoms with Gasteiger partial charge in [-0.3, -0.25) is 13.4 Å². The Morgan fingerprint density at radius 2 is 1.65 bits per heavy atom. The molecule has 0 bridgehead atoms. The maximum Gasteiger partial charge on any atom is 1.00 e. The fourth-order valence-corrected chi connectivity index (χ4v) is 5.94. The molecule has 26 heteroatoms. The standard InChI is InChI=1S/C14H24N5O14P3.4Na/c1-2-3-4-29-14-18-8-11(15)16-6-17-12(8)19(14)13-10(21)9(20)7(31-13)5-30-35(25,26)33-36(27,28)32-34(22,23)24;;;;/h6-7,9-10,13,20-21H,2-5H2,1H3,(H,25,26)(H,27,28)(H2,15,16,17)(H2,22,23,24);;;;/q;4*+1/p-4/t7-,9-,10-,13-;;;;/m1..../s1. The Bertz CT molecular complexity index is 1240. The number of imidazole rings is 1. The molecule has 1 saturated heterocycles. The van der Waals surface area contributed by atoms with E-state index in [0.717, 1.165) is 17.3 Å². The molecule has 0 saturated carbocycles. The number of nitrogen functional groups attached to an aromatic ring is 1. The van der Waals surface area contributed by atoms with Crippen molar-refractivity contribution < 1.29 is 184 Å². The molecule has 3 rings (SSSR count). The smallest absolute Gasteiger partial charge is 0.790 e. The molecule has 3 heterocycles. The van der Waals surface area contributed by atoms with Gasteiger partial charge in [0.25, 0.3) is 15.6 Å². The molecule has 40 heavy (non-hydrogen) atoms. The first kappa shape index (κ1) is 44.6. The molecule has 4 N–H and O–H groups in total. The second-order valence-corrected chi connectivity index (χ2v) is 11.5. The normalized spacial score (nSPS) is 23.5. The van der Waals surface area contributed by atoms with Crippen molar-refractivity contribution in [2.24, 2.45) is 0 Å². The molecule has 19 nitrogen and oxygen atoms in total. The molecular weight excluding hydrogens is 647 g/mol. The number of fused-ring (bicyclic) bond motifs is 1. The van der Waals surface area contributed by atoms with Crippen LogP contribution in [-0.2, 0) is 31.6 Å². The van der Waals surface area contributed by atoms with Gasteiger partial charge in [0.2, 0.25) is 0 Å². The number of hydrogen-bond donors (Lipinski definition) is 3. The zero-order valence-corrected chi connectivity index (χ0v) is 32.9. The zero-order chi connectivity index (χ0) is 26.9. The van der Waals surface area contributed by atoms with Crippen LogP contribution in [0.3, 0.4) is 0 Å². The Morgan fingerprint density at radius 1 is 1.02 bits per heavy atom. The van der Waals surface area contributed by atoms with E-state index in [0.29, 0.717) is 6.42 Å². The number of aliphatic hydroxyl groups is 2. The molecule has 0 aliphatic carbocycles. The summed E-state index contributed by atoms with van der Waals surface area (Å²) in [4.78, 5) is 55.9. The quantitative estimate of drug-likeness (QED) is 0.107. The van der Waals surface area contributed by atoms with Crippen LogP contribution in [0.15, 0.2) is 6.33 Å². The van der Waals surface area contributed by atoms with Crippen LogP contribution in [0, 0.1) is 0 Å². The number of rotatable bonds is 12. The van der Waals surface area contributed by atoms with E-state index < -0.39 is 54.6 Å². The van der Waals surface area contributed by atoms with E-state index in [1.807, 2.05) is 6.92 Å². The molecule has 2 unspecified atom stereocenters. The minimum atomic E-state index is -6.17. The number of nitrogens with zero attached hydrogens (tertiary/aromatic N) is 4. The van der Waals surface area contributed by atoms with Crippen molar-refractivity contribution in [3.05, 3.63) is 6.33 Å². The monoisotopic (exact) mass is 667 g/mol. The van der Waals surface area contributed by atoms with Crippen LogP contribution in [0.4, 0.5) is 5.82 Å². The molecule has 1 fully saturated rings. The Kier molecular flexibility index (Phi) is 20.7. The van der Waals surface area contributed by atoms with E-state index in [1.54, 1.807) is 0 Å². The van der Waals surface area contributed by atoms with Crippen LogP contribution in [0.25, 0.3) is 11.2 Å². The van der Waals surface area contributed by atoms with Crippen molar-refractivity contribution in [3.8, 4) is 6.01 Å². The number of aromatic nitrogens is 4. The molecule has 204 valence electrons. The van der Waals surface area contributed by atoms with Gasteiger partial charge in [-0.05, 0) is 6.42 Å². The summed E-state index contributed by atoms with van der Waals surface area (Å²) in [5.74, 6) is -0.0265. The third-order valence-electron chi connectivity index (χ3n) is 4.59. The molecule has 6 atom stereocenters. The summed E-state index contributed by atoms with van der Waals surface area (Å²) in [6, 6.07) is -0.106. The Morgan fingerprint density at radius 3 is 2.23 bits per heavy atom. The number of unbranched alkanes of at least 4 members (excludes halogenated alkanes) is 1. The van der Waals surface area contributed by atoms with Gasteiger partial charge in [0.15, 0.2) is 23.2 Å². The number of nitrogens with two attached hydrogens (primary N) is 1. The first-order chi connectivity index (χ1) is 16.6. The van der Waals surface area contributed by atoms with Crippen LogP contribution in [0.5, 0.6) is 6.01 Å². The predicted molar refractivity (Wildman–Crippen MR) is 107 cm³/mol. The summed E-state index contributed by atoms with van der Waals surface area (Å²) in [5, 5.41) is 20.9. The minimum Gasteiger partial charge on any atom is -0.790 e. The summed E-state index contributed by atoms with van der Waals surface area (Å²) in [6.45, 7) is 1.01. The van der Waals surface area contributed by atoms with Crippen molar-refractivity contribution >= 4 is 40.4 Å². The van der Waals surface area contributed by atoms with E-state index in [1.165, 1.54) is 0 Å². The SMILES string of the molecule is CCCCOc1nc2c(N)ncnc2n1[C@@H]1O[C@H](COP(=O)([O-])OP(=O)([O-])OP(=O)([O-])[O-])[C@@H](O)[C@H]1O.[Na+].[Na+].[Na+].[Na+]. The Hall–Kier alpha value is 2.44. The van der Waals surface area contributed by atoms with E-state index in [-0.39, 0.29) is 148 Å². The molecule has 1 aliphatic heterocycles. The van der Waals surface area contributed by atoms with Gasteiger partial charge in [0.05, 0.1) is 21.0 Å². The summed E-state index contributed by atoms with van der Waals surface area (Å²) in [6.07, 6.45) is -4.07. The maximum absolute atomic E-state index is 11.8. The fourth-order valence-electron chi connectivity index (χ4n) is 3.07. The van der Waals surface area contributed by atoms with E-state index in [2.05, 4.69) is 28.1 Å². The molecule has 0 amide bonds. The molecular formula is C14H20N5Na4O14P3. The van der Waals surface area contributed by atoms with Crippen molar-refractivity contribution in [2.45, 2.75) is 44.3 Å². The van der Waals surface area contributed by atoms with Gasteiger partial charge in [-0.1, -0.05) is 13.3 Å². The van der Waals surface area contributed by atoms with Crippen LogP contribution in [0.1, 0.15) is 26.0 Å². The first-order valence-corrected chi connectivity index (χ1v) is 14.4. The zero-order valence-electron chi connectivity index (χ0n) is 22.2. The number of anilines is 1. The van der Waals surface area contributed by atoms with Crippen LogP contribution in [0.2, 0.25) is 0 Å². The topological polar surface area (TPSA) is 300 Å². The fraction of sp³-hybridized carbons (Fsp3) is 0.643. The third kappa shape index (κ3) is 12.3. The van der Waals surface area contributed by atoms with E-state index >= 15 is 0 Å². The second kappa shape index (κ2) is 18.6. The molecule has 0 aromatic carbocycles. The Balaban J connectivity index is 0. The largest absolute Gasteiger partial charge is 1.00 e. The Labute approximate surface area is 315 Å². The van der Waals surface area contributed by atoms with Crippen LogP contribution in [-0.4, -0.2) is 61.3 Å². The predicted octanol–water partition coefficient (Wildman–Crippen LogP) is -15.0. The van der Waals surface area contributed by atoms with Crippen LogP contribution < -0.4 is 148 Å². The first-order valence-electron chi connectivity index (χ1n) is 9.98.